The molecule has 0 radical (unpaired) electrons. The first-order valence-corrected chi connectivity index (χ1v) is 10.8. The lowest BCUT2D eigenvalue weighted by Gasteiger charge is -2.36. The molecule has 2 aromatic heterocycles. The second kappa shape index (κ2) is 8.53. The smallest absolute Gasteiger partial charge is 0.410 e. The van der Waals surface area contributed by atoms with E-state index < -0.39 is 5.60 Å². The summed E-state index contributed by atoms with van der Waals surface area (Å²) in [4.78, 5) is 33.4. The van der Waals surface area contributed by atoms with Crippen molar-refractivity contribution in [3.05, 3.63) is 54.4 Å². The number of hydrogen-bond acceptors (Lipinski definition) is 5. The highest BCUT2D eigenvalue weighted by molar-refractivity contribution is 6.12. The molecule has 3 heterocycles. The van der Waals surface area contributed by atoms with Gasteiger partial charge in [0.2, 0.25) is 0 Å². The Morgan fingerprint density at radius 3 is 2.41 bits per heavy atom. The molecule has 1 N–H and O–H groups in total. The lowest BCUT2D eigenvalue weighted by Crippen LogP contribution is -2.50. The maximum atomic E-state index is 12.8. The Morgan fingerprint density at radius 1 is 1.03 bits per heavy atom. The lowest BCUT2D eigenvalue weighted by molar-refractivity contribution is 0.0240. The molecule has 1 saturated heterocycles. The normalized spacial score (nSPS) is 14.5. The molecule has 32 heavy (non-hydrogen) atoms. The Hall–Kier alpha value is -3.55. The Bertz CT molecular complexity index is 1120. The van der Waals surface area contributed by atoms with Gasteiger partial charge >= 0.3 is 6.09 Å². The summed E-state index contributed by atoms with van der Waals surface area (Å²) in [6, 6.07) is 11.6. The minimum Gasteiger partial charge on any atom is -0.444 e. The minimum atomic E-state index is -0.496. The number of hydrogen-bond donors (Lipinski definition) is 1. The Kier molecular flexibility index (Phi) is 5.78. The summed E-state index contributed by atoms with van der Waals surface area (Å²) in [6.45, 7) is 8.18. The van der Waals surface area contributed by atoms with E-state index in [1.807, 2.05) is 68.9 Å². The number of rotatable bonds is 3. The van der Waals surface area contributed by atoms with Crippen molar-refractivity contribution in [1.29, 1.82) is 0 Å². The summed E-state index contributed by atoms with van der Waals surface area (Å²) in [5.74, 6) is 0.312. The van der Waals surface area contributed by atoms with Crippen LogP contribution in [0.1, 0.15) is 31.1 Å². The van der Waals surface area contributed by atoms with Crippen LogP contribution in [0.3, 0.4) is 0 Å². The molecule has 4 rings (SSSR count). The standard InChI is InChI=1S/C24H29N5O3/c1-24(2,3)32-23(31)29-13-11-28(12-14-29)17-9-10-21(25-15-17)26-22(30)19-16-27(4)20-8-6-5-7-18(19)20/h5-10,15-16H,11-14H2,1-4H3,(H,25,26,30). The quantitative estimate of drug-likeness (QED) is 0.675. The van der Waals surface area contributed by atoms with Crippen LogP contribution in [0.25, 0.3) is 10.9 Å². The van der Waals surface area contributed by atoms with E-state index >= 15 is 0 Å². The first-order chi connectivity index (χ1) is 15.2. The van der Waals surface area contributed by atoms with Crippen molar-refractivity contribution >= 4 is 34.4 Å². The highest BCUT2D eigenvalue weighted by atomic mass is 16.6. The van der Waals surface area contributed by atoms with Gasteiger partial charge in [0, 0.05) is 50.3 Å². The molecule has 1 aromatic carbocycles. The highest BCUT2D eigenvalue weighted by Gasteiger charge is 2.26. The van der Waals surface area contributed by atoms with Crippen molar-refractivity contribution in [3.8, 4) is 0 Å². The summed E-state index contributed by atoms with van der Waals surface area (Å²) < 4.78 is 7.39. The van der Waals surface area contributed by atoms with Gasteiger partial charge in [0.1, 0.15) is 11.4 Å². The van der Waals surface area contributed by atoms with Gasteiger partial charge in [-0.2, -0.15) is 0 Å². The van der Waals surface area contributed by atoms with E-state index in [0.29, 0.717) is 37.6 Å². The number of anilines is 2. The number of aromatic nitrogens is 2. The monoisotopic (exact) mass is 435 g/mol. The Balaban J connectivity index is 1.37. The van der Waals surface area contributed by atoms with Crippen molar-refractivity contribution in [3.63, 3.8) is 0 Å². The SMILES string of the molecule is Cn1cc(C(=O)Nc2ccc(N3CCN(C(=O)OC(C)(C)C)CC3)cn2)c2ccccc21. The van der Waals surface area contributed by atoms with Crippen LogP contribution in [0.2, 0.25) is 0 Å². The van der Waals surface area contributed by atoms with Gasteiger partial charge in [0.05, 0.1) is 17.4 Å². The molecule has 8 heteroatoms. The predicted octanol–water partition coefficient (Wildman–Crippen LogP) is 3.88. The van der Waals surface area contributed by atoms with E-state index in [4.69, 9.17) is 4.74 Å². The van der Waals surface area contributed by atoms with Crippen LogP contribution in [-0.4, -0.2) is 58.2 Å². The first kappa shape index (κ1) is 21.7. The minimum absolute atomic E-state index is 0.187. The van der Waals surface area contributed by atoms with Crippen LogP contribution in [0.5, 0.6) is 0 Å². The third kappa shape index (κ3) is 4.69. The summed E-state index contributed by atoms with van der Waals surface area (Å²) in [7, 11) is 1.93. The molecule has 0 spiro atoms. The highest BCUT2D eigenvalue weighted by Crippen LogP contribution is 2.22. The van der Waals surface area contributed by atoms with Crippen LogP contribution >= 0.6 is 0 Å². The molecule has 3 aromatic rings. The molecule has 1 aliphatic heterocycles. The summed E-state index contributed by atoms with van der Waals surface area (Å²) in [5.41, 5.74) is 2.08. The maximum absolute atomic E-state index is 12.8. The van der Waals surface area contributed by atoms with Crippen LogP contribution < -0.4 is 10.2 Å². The fraction of sp³-hybridized carbons (Fsp3) is 0.375. The number of pyridine rings is 1. The summed E-state index contributed by atoms with van der Waals surface area (Å²) in [6.07, 6.45) is 3.31. The molecule has 0 bridgehead atoms. The number of piperazine rings is 1. The number of carbonyl (C=O) groups excluding carboxylic acids is 2. The molecular weight excluding hydrogens is 406 g/mol. The van der Waals surface area contributed by atoms with Gasteiger partial charge in [0.25, 0.3) is 5.91 Å². The number of amides is 2. The molecule has 168 valence electrons. The second-order valence-corrected chi connectivity index (χ2v) is 8.98. The number of benzene rings is 1. The molecule has 0 atom stereocenters. The first-order valence-electron chi connectivity index (χ1n) is 10.8. The van der Waals surface area contributed by atoms with Gasteiger partial charge < -0.3 is 24.4 Å². The van der Waals surface area contributed by atoms with E-state index in [1.54, 1.807) is 17.2 Å². The fourth-order valence-electron chi connectivity index (χ4n) is 3.83. The van der Waals surface area contributed by atoms with Crippen LogP contribution in [-0.2, 0) is 11.8 Å². The molecule has 0 aliphatic carbocycles. The van der Waals surface area contributed by atoms with E-state index in [0.717, 1.165) is 16.6 Å². The number of ether oxygens (including phenoxy) is 1. The van der Waals surface area contributed by atoms with E-state index in [9.17, 15) is 9.59 Å². The molecular formula is C24H29N5O3. The van der Waals surface area contributed by atoms with Crippen molar-refractivity contribution in [2.75, 3.05) is 36.4 Å². The molecule has 8 nitrogen and oxygen atoms in total. The van der Waals surface area contributed by atoms with Gasteiger partial charge in [-0.3, -0.25) is 4.79 Å². The second-order valence-electron chi connectivity index (χ2n) is 8.98. The van der Waals surface area contributed by atoms with E-state index in [-0.39, 0.29) is 12.0 Å². The third-order valence-corrected chi connectivity index (χ3v) is 5.43. The third-order valence-electron chi connectivity index (χ3n) is 5.43. The van der Waals surface area contributed by atoms with Crippen molar-refractivity contribution < 1.29 is 14.3 Å². The van der Waals surface area contributed by atoms with Crippen LogP contribution in [0.4, 0.5) is 16.3 Å². The zero-order valence-corrected chi connectivity index (χ0v) is 19.0. The lowest BCUT2D eigenvalue weighted by atomic mass is 10.1. The van der Waals surface area contributed by atoms with Gasteiger partial charge in [-0.1, -0.05) is 18.2 Å². The van der Waals surface area contributed by atoms with Gasteiger partial charge in [-0.15, -0.1) is 0 Å². The maximum Gasteiger partial charge on any atom is 0.410 e. The fourth-order valence-corrected chi connectivity index (χ4v) is 3.83. The average Bonchev–Trinajstić information content (AvgIpc) is 3.10. The van der Waals surface area contributed by atoms with Crippen LogP contribution in [0.15, 0.2) is 48.8 Å². The van der Waals surface area contributed by atoms with Gasteiger partial charge in [-0.25, -0.2) is 9.78 Å². The molecule has 1 fully saturated rings. The largest absolute Gasteiger partial charge is 0.444 e. The topological polar surface area (TPSA) is 79.7 Å². The Morgan fingerprint density at radius 2 is 1.75 bits per heavy atom. The van der Waals surface area contributed by atoms with E-state index in [1.165, 1.54) is 0 Å². The zero-order valence-electron chi connectivity index (χ0n) is 19.0. The Labute approximate surface area is 187 Å². The number of para-hydroxylation sites is 1. The summed E-state index contributed by atoms with van der Waals surface area (Å²) >= 11 is 0. The van der Waals surface area contributed by atoms with Crippen molar-refractivity contribution in [2.24, 2.45) is 7.05 Å². The number of aryl methyl sites for hydroxylation is 1. The molecule has 0 unspecified atom stereocenters. The predicted molar refractivity (Wildman–Crippen MR) is 125 cm³/mol. The summed E-state index contributed by atoms with van der Waals surface area (Å²) in [5, 5.41) is 3.80. The number of carbonyl (C=O) groups is 2. The van der Waals surface area contributed by atoms with Crippen molar-refractivity contribution in [1.82, 2.24) is 14.5 Å². The number of fused-ring (bicyclic) bond motifs is 1. The number of nitrogens with zero attached hydrogens (tertiary/aromatic N) is 4. The van der Waals surface area contributed by atoms with Gasteiger partial charge in [0.15, 0.2) is 0 Å². The van der Waals surface area contributed by atoms with Crippen LogP contribution in [0, 0.1) is 0 Å². The van der Waals surface area contributed by atoms with Crippen molar-refractivity contribution in [2.45, 2.75) is 26.4 Å². The molecule has 1 aliphatic rings. The zero-order chi connectivity index (χ0) is 22.9. The van der Waals surface area contributed by atoms with E-state index in [2.05, 4.69) is 15.2 Å². The number of nitrogens with one attached hydrogen (secondary N) is 1. The molecule has 2 amide bonds. The molecule has 0 saturated carbocycles. The van der Waals surface area contributed by atoms with Gasteiger partial charge in [-0.05, 0) is 39.0 Å². The average molecular weight is 436 g/mol.